The van der Waals surface area contributed by atoms with E-state index < -0.39 is 18.5 Å². The highest BCUT2D eigenvalue weighted by Crippen LogP contribution is 2.31. The summed E-state index contributed by atoms with van der Waals surface area (Å²) in [7, 11) is 1.52. The number of carbonyl (C=O) groups is 2. The molecule has 0 unspecified atom stereocenters. The van der Waals surface area contributed by atoms with Gasteiger partial charge in [0.1, 0.15) is 5.75 Å². The number of hydrogen-bond donors (Lipinski definition) is 1. The summed E-state index contributed by atoms with van der Waals surface area (Å²) in [6, 6.07) is 10.5. The molecule has 0 fully saturated rings. The molecule has 1 amide bonds. The maximum Gasteiger partial charge on any atom is 0.310 e. The van der Waals surface area contributed by atoms with Gasteiger partial charge in [0, 0.05) is 15.6 Å². The highest BCUT2D eigenvalue weighted by atomic mass is 35.5. The number of esters is 1. The van der Waals surface area contributed by atoms with Gasteiger partial charge in [0.05, 0.1) is 19.2 Å². The van der Waals surface area contributed by atoms with Crippen LogP contribution in [0.4, 0.5) is 5.69 Å². The van der Waals surface area contributed by atoms with E-state index in [1.807, 2.05) is 12.1 Å². The van der Waals surface area contributed by atoms with Crippen molar-refractivity contribution in [1.29, 1.82) is 0 Å². The van der Waals surface area contributed by atoms with Gasteiger partial charge in [-0.25, -0.2) is 0 Å². The second-order valence-corrected chi connectivity index (χ2v) is 8.07. The molecule has 2 aromatic rings. The number of benzene rings is 2. The van der Waals surface area contributed by atoms with E-state index in [-0.39, 0.29) is 11.8 Å². The second-order valence-electron chi connectivity index (χ2n) is 7.25. The molecule has 0 aliphatic rings. The molecule has 0 aliphatic heterocycles. The van der Waals surface area contributed by atoms with Crippen molar-refractivity contribution in [2.75, 3.05) is 19.0 Å². The number of methoxy groups -OCH3 is 1. The fourth-order valence-electron chi connectivity index (χ4n) is 2.50. The minimum Gasteiger partial charge on any atom is -0.495 e. The monoisotopic (exact) mass is 423 g/mol. The van der Waals surface area contributed by atoms with E-state index in [0.29, 0.717) is 27.0 Å². The predicted molar refractivity (Wildman–Crippen MR) is 111 cm³/mol. The largest absolute Gasteiger partial charge is 0.495 e. The third kappa shape index (κ3) is 5.88. The molecule has 0 saturated carbocycles. The third-order valence-corrected chi connectivity index (χ3v) is 4.79. The molecule has 0 aromatic heterocycles. The first-order chi connectivity index (χ1) is 13.1. The van der Waals surface area contributed by atoms with Gasteiger partial charge in [-0.1, -0.05) is 56.1 Å². The van der Waals surface area contributed by atoms with Crippen molar-refractivity contribution >= 4 is 40.8 Å². The van der Waals surface area contributed by atoms with Crippen molar-refractivity contribution in [2.45, 2.75) is 32.6 Å². The van der Waals surface area contributed by atoms with Crippen LogP contribution in [0.2, 0.25) is 10.0 Å². The van der Waals surface area contributed by atoms with Crippen LogP contribution in [0.25, 0.3) is 0 Å². The first-order valence-electron chi connectivity index (χ1n) is 8.68. The average molecular weight is 424 g/mol. The van der Waals surface area contributed by atoms with Crippen molar-refractivity contribution in [3.63, 3.8) is 0 Å². The van der Waals surface area contributed by atoms with E-state index in [2.05, 4.69) is 26.1 Å². The number of rotatable bonds is 6. The van der Waals surface area contributed by atoms with Crippen LogP contribution in [0, 0.1) is 0 Å². The van der Waals surface area contributed by atoms with Crippen LogP contribution in [-0.2, 0) is 26.2 Å². The number of amides is 1. The Hall–Kier alpha value is -2.24. The summed E-state index contributed by atoms with van der Waals surface area (Å²) in [5, 5.41) is 3.47. The molecule has 0 spiro atoms. The molecule has 28 heavy (non-hydrogen) atoms. The molecular formula is C21H23Cl2NO4. The number of anilines is 1. The Morgan fingerprint density at radius 2 is 1.71 bits per heavy atom. The van der Waals surface area contributed by atoms with Gasteiger partial charge in [0.25, 0.3) is 5.91 Å². The van der Waals surface area contributed by atoms with Gasteiger partial charge in [-0.2, -0.15) is 0 Å². The summed E-state index contributed by atoms with van der Waals surface area (Å²) in [6.07, 6.45) is -0.116. The van der Waals surface area contributed by atoms with Crippen molar-refractivity contribution in [2.24, 2.45) is 0 Å². The Morgan fingerprint density at radius 3 is 2.29 bits per heavy atom. The van der Waals surface area contributed by atoms with Crippen molar-refractivity contribution < 1.29 is 19.1 Å². The normalized spacial score (nSPS) is 11.1. The van der Waals surface area contributed by atoms with Gasteiger partial charge in [-0.15, -0.1) is 0 Å². The Morgan fingerprint density at radius 1 is 1.07 bits per heavy atom. The quantitative estimate of drug-likeness (QED) is 0.662. The highest BCUT2D eigenvalue weighted by Gasteiger charge is 2.18. The van der Waals surface area contributed by atoms with Gasteiger partial charge in [-0.05, 0) is 35.2 Å². The van der Waals surface area contributed by atoms with Crippen LogP contribution >= 0.6 is 23.2 Å². The lowest BCUT2D eigenvalue weighted by molar-refractivity contribution is -0.146. The van der Waals surface area contributed by atoms with Gasteiger partial charge >= 0.3 is 5.97 Å². The molecule has 7 heteroatoms. The lowest BCUT2D eigenvalue weighted by Crippen LogP contribution is -2.22. The van der Waals surface area contributed by atoms with E-state index in [1.54, 1.807) is 24.3 Å². The lowest BCUT2D eigenvalue weighted by Gasteiger charge is -2.21. The van der Waals surface area contributed by atoms with Crippen LogP contribution < -0.4 is 10.1 Å². The molecule has 0 saturated heterocycles. The third-order valence-electron chi connectivity index (χ3n) is 4.09. The Kier molecular flexibility index (Phi) is 7.33. The van der Waals surface area contributed by atoms with Crippen molar-refractivity contribution in [3.8, 4) is 5.75 Å². The molecule has 2 rings (SSSR count). The molecule has 0 heterocycles. The molecule has 5 nitrogen and oxygen atoms in total. The minimum atomic E-state index is -0.597. The second kappa shape index (κ2) is 9.30. The van der Waals surface area contributed by atoms with E-state index >= 15 is 0 Å². The molecule has 150 valence electrons. The smallest absolute Gasteiger partial charge is 0.310 e. The van der Waals surface area contributed by atoms with E-state index in [4.69, 9.17) is 32.7 Å². The van der Waals surface area contributed by atoms with Gasteiger partial charge in [0.2, 0.25) is 0 Å². The maximum atomic E-state index is 12.2. The van der Waals surface area contributed by atoms with Crippen LogP contribution in [0.1, 0.15) is 31.9 Å². The standard InChI is InChI=1S/C21H23Cl2NO4/c1-21(2,3)13-8-9-18(27-4)17(10-13)24-19(25)12-28-20(26)11-14-15(22)6-5-7-16(14)23/h5-10H,11-12H2,1-4H3,(H,24,25). The van der Waals surface area contributed by atoms with E-state index in [0.717, 1.165) is 5.56 Å². The number of carbonyl (C=O) groups excluding carboxylic acids is 2. The first kappa shape index (κ1) is 22.1. The number of hydrogen-bond acceptors (Lipinski definition) is 4. The zero-order chi connectivity index (χ0) is 20.9. The first-order valence-corrected chi connectivity index (χ1v) is 9.44. The van der Waals surface area contributed by atoms with Crippen LogP contribution in [0.5, 0.6) is 5.75 Å². The zero-order valence-corrected chi connectivity index (χ0v) is 17.8. The molecule has 2 aromatic carbocycles. The Balaban J connectivity index is 2.00. The average Bonchev–Trinajstić information content (AvgIpc) is 2.62. The van der Waals surface area contributed by atoms with Crippen LogP contribution in [0.3, 0.4) is 0 Å². The zero-order valence-electron chi connectivity index (χ0n) is 16.3. The predicted octanol–water partition coefficient (Wildman–Crippen LogP) is 5.02. The SMILES string of the molecule is COc1ccc(C(C)(C)C)cc1NC(=O)COC(=O)Cc1c(Cl)cccc1Cl. The van der Waals surface area contributed by atoms with E-state index in [9.17, 15) is 9.59 Å². The molecule has 0 atom stereocenters. The van der Waals surface area contributed by atoms with Gasteiger partial charge in [-0.3, -0.25) is 9.59 Å². The summed E-state index contributed by atoms with van der Waals surface area (Å²) in [5.74, 6) is -0.543. The number of nitrogens with one attached hydrogen (secondary N) is 1. The van der Waals surface area contributed by atoms with Gasteiger partial charge < -0.3 is 14.8 Å². The van der Waals surface area contributed by atoms with Crippen molar-refractivity contribution in [1.82, 2.24) is 0 Å². The lowest BCUT2D eigenvalue weighted by atomic mass is 9.87. The van der Waals surface area contributed by atoms with Crippen LogP contribution in [0.15, 0.2) is 36.4 Å². The van der Waals surface area contributed by atoms with Crippen molar-refractivity contribution in [3.05, 3.63) is 57.6 Å². The summed E-state index contributed by atoms with van der Waals surface area (Å²) >= 11 is 12.1. The summed E-state index contributed by atoms with van der Waals surface area (Å²) in [6.45, 7) is 5.79. The molecule has 1 N–H and O–H groups in total. The van der Waals surface area contributed by atoms with Gasteiger partial charge in [0.15, 0.2) is 6.61 Å². The Labute approximate surface area is 174 Å². The highest BCUT2D eigenvalue weighted by molar-refractivity contribution is 6.36. The number of ether oxygens (including phenoxy) is 2. The molecule has 0 aliphatic carbocycles. The molecule has 0 radical (unpaired) electrons. The summed E-state index contributed by atoms with van der Waals surface area (Å²) < 4.78 is 10.3. The Bertz CT molecular complexity index is 855. The van der Waals surface area contributed by atoms with E-state index in [1.165, 1.54) is 7.11 Å². The molecular weight excluding hydrogens is 401 g/mol. The fraction of sp³-hybridized carbons (Fsp3) is 0.333. The summed E-state index contributed by atoms with van der Waals surface area (Å²) in [5.41, 5.74) is 1.93. The van der Waals surface area contributed by atoms with Crippen LogP contribution in [-0.4, -0.2) is 25.6 Å². The molecule has 0 bridgehead atoms. The topological polar surface area (TPSA) is 64.6 Å². The number of halogens is 2. The summed E-state index contributed by atoms with van der Waals surface area (Å²) in [4.78, 5) is 24.3. The maximum absolute atomic E-state index is 12.2. The fourth-order valence-corrected chi connectivity index (χ4v) is 3.03. The minimum absolute atomic E-state index is 0.0908.